The van der Waals surface area contributed by atoms with Gasteiger partial charge in [0.2, 0.25) is 17.7 Å². The number of aliphatic carboxylic acids is 1. The summed E-state index contributed by atoms with van der Waals surface area (Å²) in [4.78, 5) is 61.2. The van der Waals surface area contributed by atoms with Crippen LogP contribution < -0.4 is 21.7 Å². The molecule has 0 fully saturated rings. The van der Waals surface area contributed by atoms with Gasteiger partial charge in [0.05, 0.1) is 12.4 Å². The first-order chi connectivity index (χ1) is 19.0. The first-order valence-corrected chi connectivity index (χ1v) is 13.1. The number of hydrogen-bond acceptors (Lipinski definition) is 7. The Hall–Kier alpha value is -4.23. The number of nitrogens with two attached hydrogens (primary N) is 1. The second kappa shape index (κ2) is 13.7. The van der Waals surface area contributed by atoms with Gasteiger partial charge in [-0.25, -0.2) is 9.78 Å². The number of nitrogens with one attached hydrogen (secondary N) is 5. The number of rotatable bonds is 14. The van der Waals surface area contributed by atoms with Gasteiger partial charge in [0.1, 0.15) is 24.2 Å². The number of aromatic amines is 2. The van der Waals surface area contributed by atoms with Gasteiger partial charge in [-0.15, -0.1) is 0 Å². The number of hydrogen-bond donors (Lipinski definition) is 8. The number of aromatic nitrogens is 3. The minimum atomic E-state index is -1.29. The highest BCUT2D eigenvalue weighted by Gasteiger charge is 2.32. The number of nitrogens with zero attached hydrogens (tertiary/aromatic N) is 1. The number of carbonyl (C=O) groups excluding carboxylic acids is 3. The van der Waals surface area contributed by atoms with Crippen LogP contribution in [-0.4, -0.2) is 79.1 Å². The van der Waals surface area contributed by atoms with Gasteiger partial charge in [-0.2, -0.15) is 0 Å². The highest BCUT2D eigenvalue weighted by molar-refractivity contribution is 5.95. The van der Waals surface area contributed by atoms with Crippen LogP contribution in [-0.2, 0) is 32.0 Å². The fourth-order valence-electron chi connectivity index (χ4n) is 4.28. The average molecular weight is 556 g/mol. The molecule has 2 aromatic heterocycles. The van der Waals surface area contributed by atoms with E-state index < -0.39 is 54.0 Å². The van der Waals surface area contributed by atoms with E-state index in [1.54, 1.807) is 6.20 Å². The van der Waals surface area contributed by atoms with E-state index in [0.29, 0.717) is 5.69 Å². The van der Waals surface area contributed by atoms with Gasteiger partial charge in [-0.05, 0) is 30.9 Å². The normalized spacial score (nSPS) is 15.2. The Morgan fingerprint density at radius 1 is 0.925 bits per heavy atom. The molecule has 5 atom stereocenters. The molecule has 3 amide bonds. The third-order valence-corrected chi connectivity index (χ3v) is 6.49. The van der Waals surface area contributed by atoms with Crippen LogP contribution in [0.2, 0.25) is 0 Å². The summed E-state index contributed by atoms with van der Waals surface area (Å²) in [6.07, 6.45) is 3.71. The molecular weight excluding hydrogens is 518 g/mol. The maximum Gasteiger partial charge on any atom is 0.326 e. The van der Waals surface area contributed by atoms with Crippen LogP contribution in [0.4, 0.5) is 0 Å². The summed E-state index contributed by atoms with van der Waals surface area (Å²) in [5.74, 6) is -3.32. The largest absolute Gasteiger partial charge is 0.480 e. The van der Waals surface area contributed by atoms with Crippen LogP contribution >= 0.6 is 0 Å². The minimum Gasteiger partial charge on any atom is -0.480 e. The maximum absolute atomic E-state index is 13.5. The summed E-state index contributed by atoms with van der Waals surface area (Å²) in [7, 11) is 0. The lowest BCUT2D eigenvalue weighted by molar-refractivity contribution is -0.142. The van der Waals surface area contributed by atoms with E-state index in [0.717, 1.165) is 16.5 Å². The third-order valence-electron chi connectivity index (χ3n) is 6.49. The van der Waals surface area contributed by atoms with Crippen molar-refractivity contribution in [3.05, 3.63) is 54.2 Å². The van der Waals surface area contributed by atoms with Gasteiger partial charge in [-0.3, -0.25) is 14.4 Å². The number of carboxylic acid groups (broad SMARTS) is 1. The van der Waals surface area contributed by atoms with Crippen LogP contribution in [0.25, 0.3) is 10.9 Å². The second-order valence-corrected chi connectivity index (χ2v) is 10.3. The zero-order chi connectivity index (χ0) is 29.4. The molecule has 216 valence electrons. The number of aliphatic hydroxyl groups excluding tert-OH is 1. The van der Waals surface area contributed by atoms with Gasteiger partial charge in [-0.1, -0.05) is 32.0 Å². The molecule has 0 radical (unpaired) electrons. The Morgan fingerprint density at radius 3 is 2.20 bits per heavy atom. The number of fused-ring (bicyclic) bond motifs is 1. The lowest BCUT2D eigenvalue weighted by Gasteiger charge is -2.26. The quantitative estimate of drug-likeness (QED) is 0.135. The van der Waals surface area contributed by atoms with Crippen LogP contribution in [0.1, 0.15) is 38.4 Å². The number of benzene rings is 1. The van der Waals surface area contributed by atoms with E-state index in [9.17, 15) is 29.4 Å². The minimum absolute atomic E-state index is 0.00878. The number of para-hydroxylation sites is 1. The Kier molecular flexibility index (Phi) is 10.4. The summed E-state index contributed by atoms with van der Waals surface area (Å²) in [6.45, 7) is 5.10. The molecule has 13 heteroatoms. The zero-order valence-corrected chi connectivity index (χ0v) is 22.7. The molecule has 9 N–H and O–H groups in total. The monoisotopic (exact) mass is 555 g/mol. The summed E-state index contributed by atoms with van der Waals surface area (Å²) < 4.78 is 0. The van der Waals surface area contributed by atoms with E-state index in [1.807, 2.05) is 38.1 Å². The highest BCUT2D eigenvalue weighted by atomic mass is 16.4. The number of amides is 3. The molecule has 0 spiro atoms. The molecule has 0 aliphatic rings. The average Bonchev–Trinajstić information content (AvgIpc) is 3.56. The number of aliphatic hydroxyl groups is 1. The standard InChI is InChI=1S/C27H37N7O6/c1-14(2)8-20(33-26(38)23(28)15(3)35)24(36)32-21(9-16-11-30-19-7-5-4-6-18(16)19)25(37)34-22(27(39)40)10-17-12-29-13-31-17/h4-7,11-15,20-23,30,35H,8-10,28H2,1-3H3,(H,29,31)(H,32,36)(H,33,38)(H,34,37)(H,39,40). The van der Waals surface area contributed by atoms with Crippen molar-refractivity contribution in [2.75, 3.05) is 0 Å². The van der Waals surface area contributed by atoms with Crippen molar-refractivity contribution in [2.45, 2.75) is 70.3 Å². The molecule has 0 saturated heterocycles. The molecule has 0 aliphatic carbocycles. The Labute approximate surface area is 231 Å². The first-order valence-electron chi connectivity index (χ1n) is 13.1. The van der Waals surface area contributed by atoms with Gasteiger partial charge in [0.25, 0.3) is 0 Å². The van der Waals surface area contributed by atoms with E-state index in [1.165, 1.54) is 19.4 Å². The number of H-pyrrole nitrogens is 2. The molecule has 0 aliphatic heterocycles. The van der Waals surface area contributed by atoms with Crippen molar-refractivity contribution in [2.24, 2.45) is 11.7 Å². The van der Waals surface area contributed by atoms with E-state index >= 15 is 0 Å². The smallest absolute Gasteiger partial charge is 0.326 e. The molecule has 13 nitrogen and oxygen atoms in total. The maximum atomic E-state index is 13.5. The van der Waals surface area contributed by atoms with Crippen LogP contribution in [0.5, 0.6) is 0 Å². The first kappa shape index (κ1) is 30.3. The molecule has 2 heterocycles. The SMILES string of the molecule is CC(C)CC(NC(=O)C(N)C(C)O)C(=O)NC(Cc1c[nH]c2ccccc12)C(=O)NC(Cc1cnc[nH]1)C(=O)O. The van der Waals surface area contributed by atoms with Crippen molar-refractivity contribution in [3.63, 3.8) is 0 Å². The van der Waals surface area contributed by atoms with Crippen molar-refractivity contribution < 1.29 is 29.4 Å². The molecule has 1 aromatic carbocycles. The van der Waals surface area contributed by atoms with E-state index in [-0.39, 0.29) is 25.2 Å². The molecular formula is C27H37N7O6. The second-order valence-electron chi connectivity index (χ2n) is 10.3. The van der Waals surface area contributed by atoms with Crippen molar-refractivity contribution in [1.82, 2.24) is 30.9 Å². The van der Waals surface area contributed by atoms with Crippen molar-refractivity contribution in [3.8, 4) is 0 Å². The summed E-state index contributed by atoms with van der Waals surface area (Å²) in [6, 6.07) is 2.70. The Morgan fingerprint density at radius 2 is 1.57 bits per heavy atom. The lowest BCUT2D eigenvalue weighted by atomic mass is 10.00. The van der Waals surface area contributed by atoms with Crippen LogP contribution in [0.15, 0.2) is 43.0 Å². The van der Waals surface area contributed by atoms with E-state index in [2.05, 4.69) is 30.9 Å². The molecule has 3 rings (SSSR count). The van der Waals surface area contributed by atoms with Gasteiger partial charge in [0.15, 0.2) is 0 Å². The van der Waals surface area contributed by atoms with Crippen LogP contribution in [0.3, 0.4) is 0 Å². The highest BCUT2D eigenvalue weighted by Crippen LogP contribution is 2.19. The van der Waals surface area contributed by atoms with Gasteiger partial charge < -0.3 is 41.9 Å². The van der Waals surface area contributed by atoms with Crippen LogP contribution in [0, 0.1) is 5.92 Å². The summed E-state index contributed by atoms with van der Waals surface area (Å²) in [5, 5.41) is 28.1. The third kappa shape index (κ3) is 8.13. The fraction of sp³-hybridized carbons (Fsp3) is 0.444. The predicted molar refractivity (Wildman–Crippen MR) is 147 cm³/mol. The molecule has 40 heavy (non-hydrogen) atoms. The molecule has 3 aromatic rings. The fourth-order valence-corrected chi connectivity index (χ4v) is 4.28. The van der Waals surface area contributed by atoms with Crippen molar-refractivity contribution >= 4 is 34.6 Å². The van der Waals surface area contributed by atoms with Crippen molar-refractivity contribution in [1.29, 1.82) is 0 Å². The Balaban J connectivity index is 1.86. The number of carbonyl (C=O) groups is 4. The molecule has 0 saturated carbocycles. The predicted octanol–water partition coefficient (Wildman–Crippen LogP) is -0.0306. The molecule has 0 bridgehead atoms. The van der Waals surface area contributed by atoms with E-state index in [4.69, 9.17) is 5.73 Å². The summed E-state index contributed by atoms with van der Waals surface area (Å²) in [5.41, 5.74) is 7.83. The molecule has 5 unspecified atom stereocenters. The summed E-state index contributed by atoms with van der Waals surface area (Å²) >= 11 is 0. The lowest BCUT2D eigenvalue weighted by Crippen LogP contribution is -2.58. The topological polar surface area (TPSA) is 215 Å². The Bertz CT molecular complexity index is 1300. The zero-order valence-electron chi connectivity index (χ0n) is 22.7. The number of imidazole rings is 1. The van der Waals surface area contributed by atoms with Gasteiger partial charge in [0, 0.05) is 41.8 Å². The van der Waals surface area contributed by atoms with Gasteiger partial charge >= 0.3 is 5.97 Å². The number of carboxylic acids is 1.